The highest BCUT2D eigenvalue weighted by Gasteiger charge is 2.19. The Morgan fingerprint density at radius 1 is 1.04 bits per heavy atom. The highest BCUT2D eigenvalue weighted by Crippen LogP contribution is 2.32. The first kappa shape index (κ1) is 18.1. The lowest BCUT2D eigenvalue weighted by atomic mass is 10.1. The Kier molecular flexibility index (Phi) is 4.77. The van der Waals surface area contributed by atoms with Gasteiger partial charge in [0.1, 0.15) is 16.7 Å². The Bertz CT molecular complexity index is 1140. The predicted octanol–water partition coefficient (Wildman–Crippen LogP) is 4.80. The second kappa shape index (κ2) is 7.38. The number of halogens is 1. The molecule has 0 amide bonds. The molecule has 0 bridgehead atoms. The number of hydrogen-bond acceptors (Lipinski definition) is 4. The van der Waals surface area contributed by atoms with Gasteiger partial charge in [-0.1, -0.05) is 43.7 Å². The molecule has 4 rings (SSSR count). The van der Waals surface area contributed by atoms with Crippen molar-refractivity contribution in [3.05, 3.63) is 60.0 Å². The van der Waals surface area contributed by atoms with E-state index in [2.05, 4.69) is 12.0 Å². The molecule has 5 nitrogen and oxygen atoms in total. The van der Waals surface area contributed by atoms with Gasteiger partial charge in [0.25, 0.3) is 0 Å². The Morgan fingerprint density at radius 2 is 1.82 bits per heavy atom. The summed E-state index contributed by atoms with van der Waals surface area (Å²) in [5, 5.41) is 4.65. The molecule has 0 saturated carbocycles. The second-order valence-corrected chi connectivity index (χ2v) is 6.63. The molecule has 4 aromatic rings. The van der Waals surface area contributed by atoms with Crippen LogP contribution in [-0.2, 0) is 13.5 Å². The minimum atomic E-state index is -0.427. The van der Waals surface area contributed by atoms with Crippen molar-refractivity contribution >= 4 is 11.0 Å². The largest absolute Gasteiger partial charge is 0.494 e. The van der Waals surface area contributed by atoms with Gasteiger partial charge in [-0.25, -0.2) is 14.4 Å². The number of fused-ring (bicyclic) bond motifs is 1. The number of rotatable bonds is 5. The van der Waals surface area contributed by atoms with Crippen molar-refractivity contribution in [2.75, 3.05) is 7.11 Å². The van der Waals surface area contributed by atoms with Crippen molar-refractivity contribution in [3.63, 3.8) is 0 Å². The van der Waals surface area contributed by atoms with Gasteiger partial charge in [-0.2, -0.15) is 5.10 Å². The lowest BCUT2D eigenvalue weighted by Gasteiger charge is -2.09. The molecule has 0 atom stereocenters. The standard InChI is InChI=1S/C22H21FN4O/c1-4-8-17-20-21(27(2)26-17)19(15-11-12-18(28-3)16(23)13-15)24-22(25-20)14-9-6-5-7-10-14/h5-7,9-13H,4,8H2,1-3H3. The molecule has 0 N–H and O–H groups in total. The lowest BCUT2D eigenvalue weighted by molar-refractivity contribution is 0.386. The molecular weight excluding hydrogens is 355 g/mol. The van der Waals surface area contributed by atoms with Crippen molar-refractivity contribution in [2.45, 2.75) is 19.8 Å². The van der Waals surface area contributed by atoms with E-state index in [-0.39, 0.29) is 5.75 Å². The minimum Gasteiger partial charge on any atom is -0.494 e. The molecule has 0 spiro atoms. The van der Waals surface area contributed by atoms with Gasteiger partial charge >= 0.3 is 0 Å². The number of hydrogen-bond donors (Lipinski definition) is 0. The molecule has 6 heteroatoms. The summed E-state index contributed by atoms with van der Waals surface area (Å²) in [7, 11) is 3.32. The maximum atomic E-state index is 14.4. The van der Waals surface area contributed by atoms with E-state index in [1.807, 2.05) is 43.4 Å². The van der Waals surface area contributed by atoms with Crippen LogP contribution in [0.25, 0.3) is 33.7 Å². The van der Waals surface area contributed by atoms with E-state index in [0.29, 0.717) is 17.1 Å². The third-order valence-corrected chi connectivity index (χ3v) is 4.70. The number of benzene rings is 2. The Balaban J connectivity index is 2.02. The van der Waals surface area contributed by atoms with Gasteiger partial charge in [-0.15, -0.1) is 0 Å². The van der Waals surface area contributed by atoms with Gasteiger partial charge < -0.3 is 4.74 Å². The van der Waals surface area contributed by atoms with Crippen LogP contribution in [0, 0.1) is 5.82 Å². The summed E-state index contributed by atoms with van der Waals surface area (Å²) >= 11 is 0. The highest BCUT2D eigenvalue weighted by molar-refractivity contribution is 5.92. The van der Waals surface area contributed by atoms with Gasteiger partial charge in [0.15, 0.2) is 17.4 Å². The van der Waals surface area contributed by atoms with E-state index < -0.39 is 5.82 Å². The van der Waals surface area contributed by atoms with Crippen LogP contribution in [0.5, 0.6) is 5.75 Å². The van der Waals surface area contributed by atoms with E-state index >= 15 is 0 Å². The van der Waals surface area contributed by atoms with Gasteiger partial charge in [-0.05, 0) is 24.6 Å². The summed E-state index contributed by atoms with van der Waals surface area (Å²) in [5.74, 6) is 0.377. The maximum Gasteiger partial charge on any atom is 0.165 e. The highest BCUT2D eigenvalue weighted by atomic mass is 19.1. The van der Waals surface area contributed by atoms with Crippen LogP contribution in [0.15, 0.2) is 48.5 Å². The molecule has 142 valence electrons. The summed E-state index contributed by atoms with van der Waals surface area (Å²) in [6.07, 6.45) is 1.78. The van der Waals surface area contributed by atoms with Crippen LogP contribution >= 0.6 is 0 Å². The van der Waals surface area contributed by atoms with Gasteiger partial charge in [0.05, 0.1) is 12.8 Å². The zero-order chi connectivity index (χ0) is 19.7. The minimum absolute atomic E-state index is 0.203. The number of methoxy groups -OCH3 is 1. The molecule has 0 aliphatic carbocycles. The van der Waals surface area contributed by atoms with E-state index in [1.165, 1.54) is 13.2 Å². The zero-order valence-corrected chi connectivity index (χ0v) is 16.1. The predicted molar refractivity (Wildman–Crippen MR) is 108 cm³/mol. The average Bonchev–Trinajstić information content (AvgIpc) is 3.04. The molecule has 0 aliphatic heterocycles. The van der Waals surface area contributed by atoms with E-state index in [0.717, 1.165) is 35.1 Å². The number of ether oxygens (including phenoxy) is 1. The number of aryl methyl sites for hydroxylation is 2. The summed E-state index contributed by atoms with van der Waals surface area (Å²) in [5.41, 5.74) is 4.76. The number of aromatic nitrogens is 4. The van der Waals surface area contributed by atoms with Crippen LogP contribution in [0.4, 0.5) is 4.39 Å². The van der Waals surface area contributed by atoms with Crippen LogP contribution in [0.1, 0.15) is 19.0 Å². The fourth-order valence-electron chi connectivity index (χ4n) is 3.38. The first-order valence-electron chi connectivity index (χ1n) is 9.25. The van der Waals surface area contributed by atoms with Crippen molar-refractivity contribution in [1.82, 2.24) is 19.7 Å². The van der Waals surface area contributed by atoms with E-state index in [4.69, 9.17) is 14.7 Å². The summed E-state index contributed by atoms with van der Waals surface area (Å²) in [4.78, 5) is 9.61. The van der Waals surface area contributed by atoms with Crippen molar-refractivity contribution < 1.29 is 9.13 Å². The van der Waals surface area contributed by atoms with Crippen LogP contribution in [0.2, 0.25) is 0 Å². The normalized spacial score (nSPS) is 11.1. The SMILES string of the molecule is CCCc1nn(C)c2c(-c3ccc(OC)c(F)c3)nc(-c3ccccc3)nc12. The molecule has 0 saturated heterocycles. The molecular formula is C22H21FN4O. The zero-order valence-electron chi connectivity index (χ0n) is 16.1. The Morgan fingerprint density at radius 3 is 2.50 bits per heavy atom. The third-order valence-electron chi connectivity index (χ3n) is 4.70. The van der Waals surface area contributed by atoms with Crippen molar-refractivity contribution in [1.29, 1.82) is 0 Å². The van der Waals surface area contributed by atoms with E-state index in [1.54, 1.807) is 10.7 Å². The van der Waals surface area contributed by atoms with Crippen molar-refractivity contribution in [2.24, 2.45) is 7.05 Å². The van der Waals surface area contributed by atoms with Gasteiger partial charge in [0, 0.05) is 18.2 Å². The average molecular weight is 376 g/mol. The number of nitrogens with zero attached hydrogens (tertiary/aromatic N) is 4. The van der Waals surface area contributed by atoms with Crippen LogP contribution < -0.4 is 4.74 Å². The molecule has 0 fully saturated rings. The second-order valence-electron chi connectivity index (χ2n) is 6.63. The first-order valence-corrected chi connectivity index (χ1v) is 9.25. The molecule has 0 radical (unpaired) electrons. The van der Waals surface area contributed by atoms with Crippen LogP contribution in [0.3, 0.4) is 0 Å². The summed E-state index contributed by atoms with van der Waals surface area (Å²) < 4.78 is 21.2. The maximum absolute atomic E-state index is 14.4. The van der Waals surface area contributed by atoms with Crippen LogP contribution in [-0.4, -0.2) is 26.9 Å². The Hall–Kier alpha value is -3.28. The monoisotopic (exact) mass is 376 g/mol. The van der Waals surface area contributed by atoms with Gasteiger partial charge in [-0.3, -0.25) is 4.68 Å². The molecule has 28 heavy (non-hydrogen) atoms. The van der Waals surface area contributed by atoms with Gasteiger partial charge in [0.2, 0.25) is 0 Å². The third kappa shape index (κ3) is 3.11. The molecule has 0 aliphatic rings. The summed E-state index contributed by atoms with van der Waals surface area (Å²) in [6.45, 7) is 2.11. The summed E-state index contributed by atoms with van der Waals surface area (Å²) in [6, 6.07) is 14.7. The Labute approximate surface area is 162 Å². The smallest absolute Gasteiger partial charge is 0.165 e. The molecule has 2 heterocycles. The molecule has 2 aromatic heterocycles. The molecule has 0 unspecified atom stereocenters. The fourth-order valence-corrected chi connectivity index (χ4v) is 3.38. The van der Waals surface area contributed by atoms with E-state index in [9.17, 15) is 4.39 Å². The molecule has 2 aromatic carbocycles. The fraction of sp³-hybridized carbons (Fsp3) is 0.227. The quantitative estimate of drug-likeness (QED) is 0.502. The topological polar surface area (TPSA) is 52.8 Å². The van der Waals surface area contributed by atoms with Crippen molar-refractivity contribution in [3.8, 4) is 28.4 Å². The first-order chi connectivity index (χ1) is 13.6. The lowest BCUT2D eigenvalue weighted by Crippen LogP contribution is -1.99.